The molecule has 0 amide bonds. The first-order valence-corrected chi connectivity index (χ1v) is 5.28. The van der Waals surface area contributed by atoms with Gasteiger partial charge in [-0.25, -0.2) is 0 Å². The molecule has 0 radical (unpaired) electrons. The summed E-state index contributed by atoms with van der Waals surface area (Å²) in [4.78, 5) is 0. The predicted octanol–water partition coefficient (Wildman–Crippen LogP) is 2.54. The second-order valence-electron chi connectivity index (χ2n) is 4.79. The molecule has 1 N–H and O–H groups in total. The van der Waals surface area contributed by atoms with Crippen LogP contribution in [0.25, 0.3) is 10.9 Å². The van der Waals surface area contributed by atoms with Crippen LogP contribution in [0.4, 0.5) is 0 Å². The summed E-state index contributed by atoms with van der Waals surface area (Å²) in [6.45, 7) is 6.03. The van der Waals surface area contributed by atoms with Crippen LogP contribution in [0.3, 0.4) is 0 Å². The molecule has 3 nitrogen and oxygen atoms in total. The van der Waals surface area contributed by atoms with Crippen molar-refractivity contribution in [3.63, 3.8) is 0 Å². The normalized spacial score (nSPS) is 11.7. The van der Waals surface area contributed by atoms with Crippen LogP contribution in [0, 0.1) is 0 Å². The number of hydrogen-bond acceptors (Lipinski definition) is 2. The van der Waals surface area contributed by atoms with Crippen molar-refractivity contribution in [2.45, 2.75) is 26.4 Å². The summed E-state index contributed by atoms with van der Waals surface area (Å²) >= 11 is 0. The molecule has 1 heterocycles. The Morgan fingerprint density at radius 1 is 1.19 bits per heavy atom. The van der Waals surface area contributed by atoms with Crippen LogP contribution < -0.4 is 9.47 Å². The number of aromatic nitrogens is 1. The molecule has 0 spiro atoms. The molecule has 0 saturated heterocycles. The Labute approximate surface area is 94.9 Å². The lowest BCUT2D eigenvalue weighted by Gasteiger charge is -2.21. The van der Waals surface area contributed by atoms with Gasteiger partial charge in [-0.3, -0.25) is 5.21 Å². The minimum atomic E-state index is -0.211. The fraction of sp³-hybridized carbons (Fsp3) is 0.308. The van der Waals surface area contributed by atoms with Gasteiger partial charge in [0.05, 0.1) is 5.39 Å². The maximum Gasteiger partial charge on any atom is 0.264 e. The lowest BCUT2D eigenvalue weighted by molar-refractivity contribution is -0.884. The summed E-state index contributed by atoms with van der Waals surface area (Å²) in [5.41, 5.74) is 0.557. The Kier molecular flexibility index (Phi) is 2.46. The summed E-state index contributed by atoms with van der Waals surface area (Å²) in [5.74, 6) is 0.811. The Hall–Kier alpha value is -1.77. The van der Waals surface area contributed by atoms with Crippen LogP contribution in [0.5, 0.6) is 5.75 Å². The maximum atomic E-state index is 9.57. The fourth-order valence-electron chi connectivity index (χ4n) is 1.60. The van der Waals surface area contributed by atoms with Crippen LogP contribution in [0.1, 0.15) is 20.8 Å². The Bertz CT molecular complexity index is 515. The third-order valence-corrected chi connectivity index (χ3v) is 2.17. The van der Waals surface area contributed by atoms with E-state index in [4.69, 9.17) is 4.74 Å². The van der Waals surface area contributed by atoms with Gasteiger partial charge in [-0.1, -0.05) is 0 Å². The second-order valence-corrected chi connectivity index (χ2v) is 4.79. The summed E-state index contributed by atoms with van der Waals surface area (Å²) in [6.07, 6.45) is 1.60. The zero-order valence-corrected chi connectivity index (χ0v) is 9.77. The van der Waals surface area contributed by atoms with E-state index in [9.17, 15) is 5.21 Å². The number of pyridine rings is 1. The molecule has 16 heavy (non-hydrogen) atoms. The number of nitrogens with zero attached hydrogens (tertiary/aromatic N) is 1. The first-order valence-electron chi connectivity index (χ1n) is 5.28. The van der Waals surface area contributed by atoms with Crippen LogP contribution in [0.15, 0.2) is 36.5 Å². The van der Waals surface area contributed by atoms with Gasteiger partial charge in [0.25, 0.3) is 5.52 Å². The highest BCUT2D eigenvalue weighted by Crippen LogP contribution is 2.22. The van der Waals surface area contributed by atoms with Crippen molar-refractivity contribution in [2.75, 3.05) is 0 Å². The van der Waals surface area contributed by atoms with Gasteiger partial charge in [-0.15, -0.1) is 0 Å². The van der Waals surface area contributed by atoms with Crippen molar-refractivity contribution < 1.29 is 14.7 Å². The highest BCUT2D eigenvalue weighted by atomic mass is 16.5. The molecule has 0 aliphatic carbocycles. The molecule has 0 fully saturated rings. The molecule has 0 bridgehead atoms. The molecule has 1 aromatic heterocycles. The van der Waals surface area contributed by atoms with Crippen molar-refractivity contribution in [2.24, 2.45) is 0 Å². The Balaban J connectivity index is 2.45. The summed E-state index contributed by atoms with van der Waals surface area (Å²) in [7, 11) is 0. The summed E-state index contributed by atoms with van der Waals surface area (Å²) in [5, 5.41) is 10.5. The average Bonchev–Trinajstić information content (AvgIpc) is 2.15. The van der Waals surface area contributed by atoms with Crippen LogP contribution in [-0.4, -0.2) is 10.8 Å². The van der Waals surface area contributed by atoms with Gasteiger partial charge in [0.2, 0.25) is 6.20 Å². The van der Waals surface area contributed by atoms with E-state index in [0.29, 0.717) is 0 Å². The molecule has 3 heteroatoms. The van der Waals surface area contributed by atoms with Crippen LogP contribution in [-0.2, 0) is 0 Å². The van der Waals surface area contributed by atoms with Crippen LogP contribution in [0.2, 0.25) is 0 Å². The smallest absolute Gasteiger partial charge is 0.264 e. The molecule has 0 aliphatic heterocycles. The first-order chi connectivity index (χ1) is 7.46. The minimum absolute atomic E-state index is 0.211. The fourth-order valence-corrected chi connectivity index (χ4v) is 1.60. The lowest BCUT2D eigenvalue weighted by atomic mass is 10.1. The summed E-state index contributed by atoms with van der Waals surface area (Å²) < 4.78 is 6.87. The number of ether oxygens (including phenoxy) is 1. The van der Waals surface area contributed by atoms with Gasteiger partial charge in [0.1, 0.15) is 11.4 Å². The van der Waals surface area contributed by atoms with Gasteiger partial charge in [0.15, 0.2) is 0 Å². The third kappa shape index (κ3) is 2.24. The molecule has 1 aromatic carbocycles. The van der Waals surface area contributed by atoms with E-state index in [1.54, 1.807) is 12.3 Å². The van der Waals surface area contributed by atoms with E-state index in [2.05, 4.69) is 0 Å². The van der Waals surface area contributed by atoms with E-state index in [-0.39, 0.29) is 5.60 Å². The molecule has 84 valence electrons. The molecular formula is C13H16NO2+. The highest BCUT2D eigenvalue weighted by molar-refractivity contribution is 5.77. The molecule has 0 atom stereocenters. The van der Waals surface area contributed by atoms with E-state index in [1.165, 1.54) is 0 Å². The molecular weight excluding hydrogens is 202 g/mol. The highest BCUT2D eigenvalue weighted by Gasteiger charge is 2.13. The number of benzene rings is 1. The van der Waals surface area contributed by atoms with E-state index in [1.807, 2.05) is 45.0 Å². The van der Waals surface area contributed by atoms with Crippen molar-refractivity contribution >= 4 is 10.9 Å². The predicted molar refractivity (Wildman–Crippen MR) is 61.7 cm³/mol. The van der Waals surface area contributed by atoms with Gasteiger partial charge >= 0.3 is 0 Å². The minimum Gasteiger partial charge on any atom is -0.488 e. The van der Waals surface area contributed by atoms with Crippen molar-refractivity contribution in [1.82, 2.24) is 0 Å². The number of rotatable bonds is 1. The van der Waals surface area contributed by atoms with E-state index < -0.39 is 0 Å². The molecule has 2 rings (SSSR count). The largest absolute Gasteiger partial charge is 0.488 e. The SMILES string of the molecule is CC(C)(C)Oc1ccc2c(ccc[n+]2O)c1. The zero-order valence-electron chi connectivity index (χ0n) is 9.77. The van der Waals surface area contributed by atoms with Crippen molar-refractivity contribution in [3.05, 3.63) is 36.5 Å². The Morgan fingerprint density at radius 2 is 1.94 bits per heavy atom. The molecule has 2 aromatic rings. The lowest BCUT2D eigenvalue weighted by Crippen LogP contribution is -2.29. The van der Waals surface area contributed by atoms with E-state index >= 15 is 0 Å². The average molecular weight is 218 g/mol. The second kappa shape index (κ2) is 3.67. The van der Waals surface area contributed by atoms with Crippen molar-refractivity contribution in [3.8, 4) is 5.75 Å². The first kappa shape index (κ1) is 10.7. The number of fused-ring (bicyclic) bond motifs is 1. The molecule has 0 unspecified atom stereocenters. The third-order valence-electron chi connectivity index (χ3n) is 2.17. The van der Waals surface area contributed by atoms with Gasteiger partial charge in [-0.2, -0.15) is 0 Å². The van der Waals surface area contributed by atoms with Crippen molar-refractivity contribution in [1.29, 1.82) is 0 Å². The van der Waals surface area contributed by atoms with Gasteiger partial charge < -0.3 is 4.74 Å². The molecule has 0 saturated carbocycles. The van der Waals surface area contributed by atoms with E-state index in [0.717, 1.165) is 21.4 Å². The van der Waals surface area contributed by atoms with Crippen LogP contribution >= 0.6 is 0 Å². The number of hydrogen-bond donors (Lipinski definition) is 1. The van der Waals surface area contributed by atoms with Gasteiger partial charge in [-0.05, 0) is 39.0 Å². The molecule has 0 aliphatic rings. The standard InChI is InChI=1S/C13H16NO2/c1-13(2,3)16-11-6-7-12-10(9-11)5-4-8-14(12)15/h4-9,15H,1-3H3/q+1. The summed E-state index contributed by atoms with van der Waals surface area (Å²) in [6, 6.07) is 9.37. The van der Waals surface area contributed by atoms with Gasteiger partial charge in [0, 0.05) is 16.9 Å². The maximum absolute atomic E-state index is 9.57. The topological polar surface area (TPSA) is 33.3 Å². The quantitative estimate of drug-likeness (QED) is 0.589. The zero-order chi connectivity index (χ0) is 11.8. The Morgan fingerprint density at radius 3 is 2.62 bits per heavy atom. The monoisotopic (exact) mass is 218 g/mol.